The number of ether oxygens (including phenoxy) is 1. The van der Waals surface area contributed by atoms with E-state index >= 15 is 0 Å². The first-order chi connectivity index (χ1) is 8.15. The molecular formula is C12H12ClNO3. The van der Waals surface area contributed by atoms with E-state index in [0.717, 1.165) is 5.56 Å². The van der Waals surface area contributed by atoms with Gasteiger partial charge in [-0.3, -0.25) is 4.79 Å². The fourth-order valence-electron chi connectivity index (χ4n) is 1.66. The van der Waals surface area contributed by atoms with E-state index < -0.39 is 5.97 Å². The third-order valence-electron chi connectivity index (χ3n) is 2.49. The molecule has 0 amide bonds. The van der Waals surface area contributed by atoms with Crippen molar-refractivity contribution in [2.75, 3.05) is 6.61 Å². The molecule has 1 heterocycles. The molecule has 0 bridgehead atoms. The molecule has 1 N–H and O–H groups in total. The monoisotopic (exact) mass is 253 g/mol. The predicted molar refractivity (Wildman–Crippen MR) is 64.4 cm³/mol. The van der Waals surface area contributed by atoms with Crippen LogP contribution in [0.3, 0.4) is 0 Å². The van der Waals surface area contributed by atoms with Crippen LogP contribution in [0, 0.1) is 0 Å². The fraction of sp³-hybridized carbons (Fsp3) is 0.333. The van der Waals surface area contributed by atoms with Gasteiger partial charge in [0.2, 0.25) is 0 Å². The smallest absolute Gasteiger partial charge is 0.303 e. The molecule has 0 saturated heterocycles. The van der Waals surface area contributed by atoms with E-state index in [2.05, 4.69) is 4.99 Å². The highest BCUT2D eigenvalue weighted by Crippen LogP contribution is 2.26. The lowest BCUT2D eigenvalue weighted by Crippen LogP contribution is -2.03. The van der Waals surface area contributed by atoms with Crippen molar-refractivity contribution >= 4 is 23.5 Å². The van der Waals surface area contributed by atoms with Gasteiger partial charge in [0.25, 0.3) is 0 Å². The van der Waals surface area contributed by atoms with Crippen molar-refractivity contribution in [3.8, 4) is 0 Å². The summed E-state index contributed by atoms with van der Waals surface area (Å²) in [6.07, 6.45) is 0.382. The maximum Gasteiger partial charge on any atom is 0.303 e. The van der Waals surface area contributed by atoms with Gasteiger partial charge < -0.3 is 9.84 Å². The van der Waals surface area contributed by atoms with Gasteiger partial charge in [0.05, 0.1) is 6.42 Å². The molecule has 1 aliphatic rings. The summed E-state index contributed by atoms with van der Waals surface area (Å²) in [6, 6.07) is 7.37. The van der Waals surface area contributed by atoms with E-state index in [1.54, 1.807) is 6.07 Å². The van der Waals surface area contributed by atoms with Crippen LogP contribution in [0.25, 0.3) is 0 Å². The van der Waals surface area contributed by atoms with Crippen LogP contribution in [-0.4, -0.2) is 23.6 Å². The number of hydrogen-bond acceptors (Lipinski definition) is 3. The van der Waals surface area contributed by atoms with E-state index in [9.17, 15) is 4.79 Å². The van der Waals surface area contributed by atoms with Crippen LogP contribution in [0.4, 0.5) is 0 Å². The maximum absolute atomic E-state index is 10.4. The average Bonchev–Trinajstić information content (AvgIpc) is 2.75. The van der Waals surface area contributed by atoms with Crippen LogP contribution < -0.4 is 0 Å². The number of carbonyl (C=O) groups is 1. The molecule has 0 aliphatic carbocycles. The number of hydrogen-bond donors (Lipinski definition) is 1. The number of rotatable bonds is 4. The van der Waals surface area contributed by atoms with Gasteiger partial charge in [-0.05, 0) is 17.7 Å². The molecule has 90 valence electrons. The van der Waals surface area contributed by atoms with Gasteiger partial charge in [-0.25, -0.2) is 4.99 Å². The molecule has 0 aromatic heterocycles. The van der Waals surface area contributed by atoms with Crippen LogP contribution in [0.2, 0.25) is 5.02 Å². The van der Waals surface area contributed by atoms with Gasteiger partial charge in [0.1, 0.15) is 12.6 Å². The number of aliphatic carboxylic acids is 1. The van der Waals surface area contributed by atoms with Crippen LogP contribution in [0.15, 0.2) is 29.3 Å². The third-order valence-corrected chi connectivity index (χ3v) is 2.73. The van der Waals surface area contributed by atoms with E-state index in [0.29, 0.717) is 23.9 Å². The van der Waals surface area contributed by atoms with Gasteiger partial charge in [0, 0.05) is 11.4 Å². The molecule has 0 spiro atoms. The summed E-state index contributed by atoms with van der Waals surface area (Å²) in [6.45, 7) is 0.454. The minimum absolute atomic E-state index is 0.0428. The zero-order valence-electron chi connectivity index (χ0n) is 9.10. The molecule has 2 rings (SSSR count). The Kier molecular flexibility index (Phi) is 3.64. The Morgan fingerprint density at radius 3 is 3.12 bits per heavy atom. The second-order valence-electron chi connectivity index (χ2n) is 3.80. The number of nitrogens with zero attached hydrogens (tertiary/aromatic N) is 1. The normalized spacial score (nSPS) is 18.6. The van der Waals surface area contributed by atoms with E-state index in [-0.39, 0.29) is 12.5 Å². The molecule has 1 aromatic rings. The number of carboxylic acids is 1. The molecular weight excluding hydrogens is 242 g/mol. The quantitative estimate of drug-likeness (QED) is 0.897. The molecule has 17 heavy (non-hydrogen) atoms. The van der Waals surface area contributed by atoms with Crippen molar-refractivity contribution in [2.24, 2.45) is 4.99 Å². The highest BCUT2D eigenvalue weighted by Gasteiger charge is 2.20. The maximum atomic E-state index is 10.4. The average molecular weight is 254 g/mol. The molecule has 1 aliphatic heterocycles. The van der Waals surface area contributed by atoms with E-state index in [1.165, 1.54) is 0 Å². The molecule has 4 nitrogen and oxygen atoms in total. The predicted octanol–water partition coefficient (Wildman–Crippen LogP) is 2.67. The van der Waals surface area contributed by atoms with E-state index in [4.69, 9.17) is 21.4 Å². The van der Waals surface area contributed by atoms with Crippen molar-refractivity contribution in [1.29, 1.82) is 0 Å². The van der Waals surface area contributed by atoms with E-state index in [1.807, 2.05) is 18.2 Å². The Bertz CT molecular complexity index is 459. The number of carboxylic acid groups (broad SMARTS) is 1. The summed E-state index contributed by atoms with van der Waals surface area (Å²) in [4.78, 5) is 14.8. The molecule has 1 atom stereocenters. The lowest BCUT2D eigenvalue weighted by Gasteiger charge is -2.04. The molecule has 0 radical (unpaired) electrons. The lowest BCUT2D eigenvalue weighted by molar-refractivity contribution is -0.136. The van der Waals surface area contributed by atoms with Crippen molar-refractivity contribution in [2.45, 2.75) is 18.9 Å². The fourth-order valence-corrected chi connectivity index (χ4v) is 1.86. The molecule has 5 heteroatoms. The number of aliphatic imine (C=N–C) groups is 1. The number of benzene rings is 1. The number of halogens is 1. The Balaban J connectivity index is 2.03. The zero-order valence-corrected chi connectivity index (χ0v) is 9.85. The molecule has 1 aromatic carbocycles. The van der Waals surface area contributed by atoms with Crippen molar-refractivity contribution in [3.05, 3.63) is 34.9 Å². The highest BCUT2D eigenvalue weighted by molar-refractivity contribution is 6.30. The summed E-state index contributed by atoms with van der Waals surface area (Å²) in [7, 11) is 0. The Morgan fingerprint density at radius 2 is 2.41 bits per heavy atom. The zero-order chi connectivity index (χ0) is 12.3. The second-order valence-corrected chi connectivity index (χ2v) is 4.23. The van der Waals surface area contributed by atoms with Gasteiger partial charge in [-0.2, -0.15) is 0 Å². The first-order valence-corrected chi connectivity index (χ1v) is 5.69. The van der Waals surface area contributed by atoms with Crippen LogP contribution in [-0.2, 0) is 9.53 Å². The van der Waals surface area contributed by atoms with Crippen LogP contribution in [0.1, 0.15) is 24.4 Å². The summed E-state index contributed by atoms with van der Waals surface area (Å²) >= 11 is 5.90. The van der Waals surface area contributed by atoms with Crippen molar-refractivity contribution in [3.63, 3.8) is 0 Å². The largest absolute Gasteiger partial charge is 0.481 e. The van der Waals surface area contributed by atoms with Gasteiger partial charge in [-0.1, -0.05) is 23.7 Å². The van der Waals surface area contributed by atoms with Crippen LogP contribution in [0.5, 0.6) is 0 Å². The first kappa shape index (κ1) is 11.9. The summed E-state index contributed by atoms with van der Waals surface area (Å²) in [5.74, 6) is -0.333. The Morgan fingerprint density at radius 1 is 1.59 bits per heavy atom. The topological polar surface area (TPSA) is 58.9 Å². The Labute approximate surface area is 104 Å². The molecule has 0 saturated carbocycles. The second kappa shape index (κ2) is 5.19. The standard InChI is InChI=1S/C12H12ClNO3/c13-9-3-1-2-8(6-9)10-7-17-11(14-10)4-5-12(15)16/h1-3,6,10H,4-5,7H2,(H,15,16). The van der Waals surface area contributed by atoms with Crippen LogP contribution >= 0.6 is 11.6 Å². The SMILES string of the molecule is O=C(O)CCC1=NC(c2cccc(Cl)c2)CO1. The molecule has 0 fully saturated rings. The van der Waals surface area contributed by atoms with Gasteiger partial charge in [-0.15, -0.1) is 0 Å². The van der Waals surface area contributed by atoms with Gasteiger partial charge >= 0.3 is 5.97 Å². The Hall–Kier alpha value is -1.55. The lowest BCUT2D eigenvalue weighted by atomic mass is 10.1. The van der Waals surface area contributed by atoms with Crippen molar-refractivity contribution < 1.29 is 14.6 Å². The first-order valence-electron chi connectivity index (χ1n) is 5.32. The third kappa shape index (κ3) is 3.20. The molecule has 1 unspecified atom stereocenters. The summed E-state index contributed by atoms with van der Waals surface area (Å²) in [5.41, 5.74) is 0.989. The minimum Gasteiger partial charge on any atom is -0.481 e. The minimum atomic E-state index is -0.845. The summed E-state index contributed by atoms with van der Waals surface area (Å²) in [5, 5.41) is 9.23. The highest BCUT2D eigenvalue weighted by atomic mass is 35.5. The van der Waals surface area contributed by atoms with Gasteiger partial charge in [0.15, 0.2) is 5.90 Å². The summed E-state index contributed by atoms with van der Waals surface area (Å²) < 4.78 is 5.35. The van der Waals surface area contributed by atoms with Crippen molar-refractivity contribution in [1.82, 2.24) is 0 Å².